The van der Waals surface area contributed by atoms with Gasteiger partial charge in [0.15, 0.2) is 5.78 Å². The molecule has 0 aliphatic heterocycles. The van der Waals surface area contributed by atoms with Crippen molar-refractivity contribution in [1.29, 1.82) is 0 Å². The summed E-state index contributed by atoms with van der Waals surface area (Å²) >= 11 is 0. The van der Waals surface area contributed by atoms with Gasteiger partial charge in [-0.2, -0.15) is 0 Å². The topological polar surface area (TPSA) is 53.1 Å². The number of aromatic amines is 1. The zero-order valence-electron chi connectivity index (χ0n) is 10.1. The maximum atomic E-state index is 11.7. The second-order valence-electron chi connectivity index (χ2n) is 4.31. The molecule has 3 heteroatoms. The molecule has 2 N–H and O–H groups in total. The molecule has 1 heterocycles. The first-order valence-electron chi connectivity index (χ1n) is 6.02. The standard InChI is InChI=1S/C13H21NO2/c1-3-4-5-11-7-8-12(14-11)13(16)9-6-10(2)15/h7-8,10,14-15H,3-6,9H2,1-2H3. The van der Waals surface area contributed by atoms with Gasteiger partial charge in [0.05, 0.1) is 11.8 Å². The Morgan fingerprint density at radius 2 is 2.25 bits per heavy atom. The first kappa shape index (κ1) is 13.0. The smallest absolute Gasteiger partial charge is 0.179 e. The summed E-state index contributed by atoms with van der Waals surface area (Å²) < 4.78 is 0. The maximum absolute atomic E-state index is 11.7. The third kappa shape index (κ3) is 4.19. The van der Waals surface area contributed by atoms with E-state index in [1.165, 1.54) is 0 Å². The summed E-state index contributed by atoms with van der Waals surface area (Å²) in [5, 5.41) is 9.11. The fourth-order valence-electron chi connectivity index (χ4n) is 1.59. The van der Waals surface area contributed by atoms with Crippen LogP contribution in [0.2, 0.25) is 0 Å². The number of hydrogen-bond donors (Lipinski definition) is 2. The number of carbonyl (C=O) groups is 1. The van der Waals surface area contributed by atoms with Crippen LogP contribution in [0.5, 0.6) is 0 Å². The number of aliphatic hydroxyl groups excluding tert-OH is 1. The number of hydrogen-bond acceptors (Lipinski definition) is 2. The highest BCUT2D eigenvalue weighted by Crippen LogP contribution is 2.09. The van der Waals surface area contributed by atoms with E-state index in [2.05, 4.69) is 11.9 Å². The lowest BCUT2D eigenvalue weighted by molar-refractivity contribution is 0.0945. The van der Waals surface area contributed by atoms with Gasteiger partial charge in [0, 0.05) is 12.1 Å². The first-order valence-corrected chi connectivity index (χ1v) is 6.02. The van der Waals surface area contributed by atoms with E-state index in [4.69, 9.17) is 5.11 Å². The van der Waals surface area contributed by atoms with Gasteiger partial charge < -0.3 is 10.1 Å². The molecule has 0 aliphatic carbocycles. The summed E-state index contributed by atoms with van der Waals surface area (Å²) in [5.41, 5.74) is 1.80. The quantitative estimate of drug-likeness (QED) is 0.698. The van der Waals surface area contributed by atoms with Crippen LogP contribution >= 0.6 is 0 Å². The number of rotatable bonds is 7. The number of Topliss-reactive ketones (excluding diaryl/α,β-unsaturated/α-hetero) is 1. The monoisotopic (exact) mass is 223 g/mol. The van der Waals surface area contributed by atoms with Gasteiger partial charge in [-0.1, -0.05) is 13.3 Å². The Hall–Kier alpha value is -1.09. The molecule has 0 aromatic carbocycles. The number of H-pyrrole nitrogens is 1. The van der Waals surface area contributed by atoms with Crippen molar-refractivity contribution in [1.82, 2.24) is 4.98 Å². The molecule has 0 aliphatic rings. The molecule has 1 atom stereocenters. The van der Waals surface area contributed by atoms with Crippen LogP contribution in [0.4, 0.5) is 0 Å². The fraction of sp³-hybridized carbons (Fsp3) is 0.615. The minimum absolute atomic E-state index is 0.0867. The summed E-state index contributed by atoms with van der Waals surface area (Å²) in [4.78, 5) is 14.8. The normalized spacial score (nSPS) is 12.7. The van der Waals surface area contributed by atoms with Crippen molar-refractivity contribution in [3.05, 3.63) is 23.5 Å². The van der Waals surface area contributed by atoms with Crippen LogP contribution in [0.15, 0.2) is 12.1 Å². The lowest BCUT2D eigenvalue weighted by atomic mass is 10.1. The third-order valence-electron chi connectivity index (χ3n) is 2.64. The number of aryl methyl sites for hydroxylation is 1. The summed E-state index contributed by atoms with van der Waals surface area (Å²) in [7, 11) is 0. The molecule has 1 rings (SSSR count). The third-order valence-corrected chi connectivity index (χ3v) is 2.64. The zero-order chi connectivity index (χ0) is 12.0. The van der Waals surface area contributed by atoms with Crippen molar-refractivity contribution in [2.75, 3.05) is 0 Å². The minimum Gasteiger partial charge on any atom is -0.393 e. The van der Waals surface area contributed by atoms with Crippen LogP contribution in [0.3, 0.4) is 0 Å². The van der Waals surface area contributed by atoms with Crippen molar-refractivity contribution in [3.8, 4) is 0 Å². The molecule has 0 bridgehead atoms. The molecular weight excluding hydrogens is 202 g/mol. The number of nitrogens with one attached hydrogen (secondary N) is 1. The van der Waals surface area contributed by atoms with Crippen molar-refractivity contribution < 1.29 is 9.90 Å². The van der Waals surface area contributed by atoms with Crippen LogP contribution in [-0.2, 0) is 6.42 Å². The van der Waals surface area contributed by atoms with Crippen LogP contribution < -0.4 is 0 Å². The van der Waals surface area contributed by atoms with E-state index < -0.39 is 6.10 Å². The highest BCUT2D eigenvalue weighted by Gasteiger charge is 2.09. The highest BCUT2D eigenvalue weighted by molar-refractivity contribution is 5.94. The molecule has 1 unspecified atom stereocenters. The highest BCUT2D eigenvalue weighted by atomic mass is 16.3. The number of aromatic nitrogens is 1. The summed E-state index contributed by atoms with van der Waals surface area (Å²) in [6, 6.07) is 3.82. The molecule has 3 nitrogen and oxygen atoms in total. The van der Waals surface area contributed by atoms with E-state index in [1.807, 2.05) is 12.1 Å². The van der Waals surface area contributed by atoms with E-state index in [1.54, 1.807) is 6.92 Å². The number of unbranched alkanes of at least 4 members (excludes halogenated alkanes) is 1. The average Bonchev–Trinajstić information content (AvgIpc) is 2.71. The molecule has 0 fully saturated rings. The Balaban J connectivity index is 2.46. The second kappa shape index (κ2) is 6.48. The van der Waals surface area contributed by atoms with Gasteiger partial charge in [-0.3, -0.25) is 4.79 Å². The van der Waals surface area contributed by atoms with E-state index in [0.717, 1.165) is 25.0 Å². The van der Waals surface area contributed by atoms with Gasteiger partial charge in [0.1, 0.15) is 0 Å². The van der Waals surface area contributed by atoms with Gasteiger partial charge >= 0.3 is 0 Å². The van der Waals surface area contributed by atoms with Crippen LogP contribution in [0.1, 0.15) is 55.7 Å². The van der Waals surface area contributed by atoms with E-state index in [9.17, 15) is 4.79 Å². The van der Waals surface area contributed by atoms with Gasteiger partial charge in [0.25, 0.3) is 0 Å². The molecule has 1 aromatic rings. The molecule has 16 heavy (non-hydrogen) atoms. The van der Waals surface area contributed by atoms with Gasteiger partial charge in [-0.15, -0.1) is 0 Å². The minimum atomic E-state index is -0.404. The van der Waals surface area contributed by atoms with Gasteiger partial charge in [-0.25, -0.2) is 0 Å². The molecule has 0 saturated carbocycles. The SMILES string of the molecule is CCCCc1ccc(C(=O)CCC(C)O)[nH]1. The van der Waals surface area contributed by atoms with Gasteiger partial charge in [0.2, 0.25) is 0 Å². The molecule has 0 saturated heterocycles. The Morgan fingerprint density at radius 3 is 2.88 bits per heavy atom. The van der Waals surface area contributed by atoms with E-state index in [0.29, 0.717) is 18.5 Å². The Morgan fingerprint density at radius 1 is 1.50 bits per heavy atom. The molecule has 0 spiro atoms. The van der Waals surface area contributed by atoms with Crippen LogP contribution in [0, 0.1) is 0 Å². The van der Waals surface area contributed by atoms with E-state index >= 15 is 0 Å². The van der Waals surface area contributed by atoms with Gasteiger partial charge in [-0.05, 0) is 38.3 Å². The zero-order valence-corrected chi connectivity index (χ0v) is 10.1. The Labute approximate surface area is 96.9 Å². The van der Waals surface area contributed by atoms with E-state index in [-0.39, 0.29) is 5.78 Å². The first-order chi connectivity index (χ1) is 7.63. The second-order valence-corrected chi connectivity index (χ2v) is 4.31. The van der Waals surface area contributed by atoms with Crippen LogP contribution in [-0.4, -0.2) is 22.0 Å². The molecule has 1 aromatic heterocycles. The fourth-order valence-corrected chi connectivity index (χ4v) is 1.59. The molecule has 90 valence electrons. The Bertz CT molecular complexity index is 328. The van der Waals surface area contributed by atoms with Crippen molar-refractivity contribution >= 4 is 5.78 Å². The predicted octanol–water partition coefficient (Wildman–Crippen LogP) is 2.70. The summed E-state index contributed by atoms with van der Waals surface area (Å²) in [6.07, 6.45) is 3.83. The van der Waals surface area contributed by atoms with Crippen molar-refractivity contribution in [2.45, 2.75) is 52.1 Å². The van der Waals surface area contributed by atoms with Crippen LogP contribution in [0.25, 0.3) is 0 Å². The number of carbonyl (C=O) groups excluding carboxylic acids is 1. The summed E-state index contributed by atoms with van der Waals surface area (Å²) in [6.45, 7) is 3.85. The number of ketones is 1. The summed E-state index contributed by atoms with van der Waals surface area (Å²) in [5.74, 6) is 0.0867. The number of aliphatic hydroxyl groups is 1. The van der Waals surface area contributed by atoms with Crippen molar-refractivity contribution in [2.24, 2.45) is 0 Å². The molecule has 0 amide bonds. The largest absolute Gasteiger partial charge is 0.393 e. The molecular formula is C13H21NO2. The lowest BCUT2D eigenvalue weighted by Gasteiger charge is -2.01. The average molecular weight is 223 g/mol. The Kier molecular flexibility index (Phi) is 5.26. The van der Waals surface area contributed by atoms with Crippen molar-refractivity contribution in [3.63, 3.8) is 0 Å². The molecule has 0 radical (unpaired) electrons. The maximum Gasteiger partial charge on any atom is 0.179 e. The predicted molar refractivity (Wildman–Crippen MR) is 64.7 cm³/mol. The lowest BCUT2D eigenvalue weighted by Crippen LogP contribution is -2.06.